The van der Waals surface area contributed by atoms with E-state index in [0.29, 0.717) is 23.4 Å². The van der Waals surface area contributed by atoms with Gasteiger partial charge in [-0.1, -0.05) is 11.6 Å². The van der Waals surface area contributed by atoms with Crippen LogP contribution in [0.5, 0.6) is 5.75 Å². The molecule has 0 aliphatic rings. The smallest absolute Gasteiger partial charge is 0.198 e. The zero-order chi connectivity index (χ0) is 14.7. The van der Waals surface area contributed by atoms with Crippen LogP contribution in [0.1, 0.15) is 28.4 Å². The van der Waals surface area contributed by atoms with Crippen molar-refractivity contribution < 1.29 is 13.9 Å². The number of ketones is 1. The quantitative estimate of drug-likeness (QED) is 0.686. The van der Waals surface area contributed by atoms with E-state index in [4.69, 9.17) is 10.5 Å². The lowest BCUT2D eigenvalue weighted by Gasteiger charge is -2.11. The van der Waals surface area contributed by atoms with Crippen LogP contribution in [0.25, 0.3) is 0 Å². The monoisotopic (exact) mass is 273 g/mol. The highest BCUT2D eigenvalue weighted by Crippen LogP contribution is 2.26. The molecule has 104 valence electrons. The molecule has 20 heavy (non-hydrogen) atoms. The number of halogens is 1. The molecule has 2 aromatic carbocycles. The first-order valence-electron chi connectivity index (χ1n) is 6.36. The molecule has 0 saturated carbocycles. The maximum Gasteiger partial charge on any atom is 0.198 e. The molecular formula is C16H16FNO2. The summed E-state index contributed by atoms with van der Waals surface area (Å²) in [6.07, 6.45) is 0. The van der Waals surface area contributed by atoms with E-state index in [1.54, 1.807) is 19.1 Å². The fourth-order valence-electron chi connectivity index (χ4n) is 1.97. The van der Waals surface area contributed by atoms with Crippen molar-refractivity contribution in [3.05, 3.63) is 58.9 Å². The van der Waals surface area contributed by atoms with Crippen LogP contribution in [-0.4, -0.2) is 12.4 Å². The van der Waals surface area contributed by atoms with Gasteiger partial charge >= 0.3 is 0 Å². The van der Waals surface area contributed by atoms with Gasteiger partial charge < -0.3 is 10.5 Å². The molecule has 0 aromatic heterocycles. The van der Waals surface area contributed by atoms with Crippen LogP contribution in [0, 0.1) is 12.7 Å². The van der Waals surface area contributed by atoms with E-state index in [1.807, 2.05) is 13.0 Å². The second-order valence-electron chi connectivity index (χ2n) is 4.49. The van der Waals surface area contributed by atoms with Gasteiger partial charge in [-0.15, -0.1) is 0 Å². The van der Waals surface area contributed by atoms with Crippen molar-refractivity contribution in [2.75, 3.05) is 12.3 Å². The molecule has 3 nitrogen and oxygen atoms in total. The van der Waals surface area contributed by atoms with Gasteiger partial charge in [0.15, 0.2) is 5.78 Å². The Morgan fingerprint density at radius 3 is 2.65 bits per heavy atom. The lowest BCUT2D eigenvalue weighted by atomic mass is 9.99. The Morgan fingerprint density at radius 2 is 1.95 bits per heavy atom. The van der Waals surface area contributed by atoms with Crippen molar-refractivity contribution >= 4 is 11.5 Å². The summed E-state index contributed by atoms with van der Waals surface area (Å²) in [6.45, 7) is 4.01. The van der Waals surface area contributed by atoms with Crippen LogP contribution in [0.3, 0.4) is 0 Å². The molecular weight excluding hydrogens is 257 g/mol. The molecule has 2 aromatic rings. The van der Waals surface area contributed by atoms with Gasteiger partial charge in [-0.2, -0.15) is 0 Å². The van der Waals surface area contributed by atoms with Crippen LogP contribution in [-0.2, 0) is 0 Å². The summed E-state index contributed by atoms with van der Waals surface area (Å²) in [4.78, 5) is 12.5. The van der Waals surface area contributed by atoms with Gasteiger partial charge in [0.25, 0.3) is 0 Å². The van der Waals surface area contributed by atoms with E-state index in [1.165, 1.54) is 18.2 Å². The minimum absolute atomic E-state index is 0.235. The first kappa shape index (κ1) is 14.1. The number of anilines is 1. The minimum atomic E-state index is -0.442. The predicted octanol–water partition coefficient (Wildman–Crippen LogP) is 3.35. The van der Waals surface area contributed by atoms with Crippen molar-refractivity contribution in [2.45, 2.75) is 13.8 Å². The normalized spacial score (nSPS) is 10.3. The average molecular weight is 273 g/mol. The standard InChI is InChI=1S/C16H16FNO2/c1-3-20-15-9-11(17)5-6-12(15)16(19)13-8-10(2)4-7-14(13)18/h4-9H,3,18H2,1-2H3. The maximum atomic E-state index is 13.3. The van der Waals surface area contributed by atoms with Gasteiger partial charge in [0.05, 0.1) is 12.2 Å². The molecule has 0 unspecified atom stereocenters. The zero-order valence-electron chi connectivity index (χ0n) is 11.4. The lowest BCUT2D eigenvalue weighted by Crippen LogP contribution is -2.08. The third kappa shape index (κ3) is 2.79. The van der Waals surface area contributed by atoms with Crippen molar-refractivity contribution in [1.29, 1.82) is 0 Å². The molecule has 4 heteroatoms. The van der Waals surface area contributed by atoms with E-state index in [2.05, 4.69) is 0 Å². The summed E-state index contributed by atoms with van der Waals surface area (Å²) in [5, 5.41) is 0. The van der Waals surface area contributed by atoms with E-state index in [-0.39, 0.29) is 11.5 Å². The fraction of sp³-hybridized carbons (Fsp3) is 0.188. The van der Waals surface area contributed by atoms with Gasteiger partial charge in [0.1, 0.15) is 11.6 Å². The first-order valence-corrected chi connectivity index (χ1v) is 6.36. The molecule has 0 radical (unpaired) electrons. The summed E-state index contributed by atoms with van der Waals surface area (Å²) in [5.41, 5.74) is 7.89. The predicted molar refractivity (Wildman–Crippen MR) is 76.6 cm³/mol. The van der Waals surface area contributed by atoms with Gasteiger partial charge in [0.2, 0.25) is 0 Å². The van der Waals surface area contributed by atoms with Crippen LogP contribution < -0.4 is 10.5 Å². The molecule has 0 bridgehead atoms. The molecule has 0 amide bonds. The Labute approximate surface area is 117 Å². The van der Waals surface area contributed by atoms with Gasteiger partial charge in [-0.05, 0) is 38.1 Å². The molecule has 2 rings (SSSR count). The summed E-state index contributed by atoms with van der Waals surface area (Å²) in [6, 6.07) is 9.11. The molecule has 0 heterocycles. The Kier molecular flexibility index (Phi) is 4.03. The van der Waals surface area contributed by atoms with E-state index < -0.39 is 5.82 Å². The third-order valence-corrected chi connectivity index (χ3v) is 2.94. The Hall–Kier alpha value is -2.36. The summed E-state index contributed by atoms with van der Waals surface area (Å²) >= 11 is 0. The van der Waals surface area contributed by atoms with Crippen LogP contribution in [0.15, 0.2) is 36.4 Å². The molecule has 0 saturated heterocycles. The topological polar surface area (TPSA) is 52.3 Å². The van der Waals surface area contributed by atoms with Crippen LogP contribution >= 0.6 is 0 Å². The van der Waals surface area contributed by atoms with E-state index in [9.17, 15) is 9.18 Å². The zero-order valence-corrected chi connectivity index (χ0v) is 11.4. The number of rotatable bonds is 4. The minimum Gasteiger partial charge on any atom is -0.493 e. The number of nitrogen functional groups attached to an aromatic ring is 1. The highest BCUT2D eigenvalue weighted by molar-refractivity contribution is 6.13. The molecule has 2 N–H and O–H groups in total. The average Bonchev–Trinajstić information content (AvgIpc) is 2.41. The van der Waals surface area contributed by atoms with Gasteiger partial charge in [-0.25, -0.2) is 4.39 Å². The summed E-state index contributed by atoms with van der Waals surface area (Å²) in [7, 11) is 0. The maximum absolute atomic E-state index is 13.3. The van der Waals surface area contributed by atoms with Crippen LogP contribution in [0.4, 0.5) is 10.1 Å². The van der Waals surface area contributed by atoms with Gasteiger partial charge in [0, 0.05) is 17.3 Å². The van der Waals surface area contributed by atoms with E-state index in [0.717, 1.165) is 5.56 Å². The highest BCUT2D eigenvalue weighted by Gasteiger charge is 2.17. The number of hydrogen-bond donors (Lipinski definition) is 1. The highest BCUT2D eigenvalue weighted by atomic mass is 19.1. The second kappa shape index (κ2) is 5.74. The molecule has 0 fully saturated rings. The second-order valence-corrected chi connectivity index (χ2v) is 4.49. The van der Waals surface area contributed by atoms with Crippen molar-refractivity contribution in [2.24, 2.45) is 0 Å². The van der Waals surface area contributed by atoms with Crippen molar-refractivity contribution in [3.8, 4) is 5.75 Å². The number of carbonyl (C=O) groups excluding carboxylic acids is 1. The largest absolute Gasteiger partial charge is 0.493 e. The van der Waals surface area contributed by atoms with Crippen LogP contribution in [0.2, 0.25) is 0 Å². The van der Waals surface area contributed by atoms with Gasteiger partial charge in [-0.3, -0.25) is 4.79 Å². The fourth-order valence-corrected chi connectivity index (χ4v) is 1.97. The third-order valence-electron chi connectivity index (χ3n) is 2.94. The lowest BCUT2D eigenvalue weighted by molar-refractivity contribution is 0.103. The van der Waals surface area contributed by atoms with Crippen molar-refractivity contribution in [1.82, 2.24) is 0 Å². The van der Waals surface area contributed by atoms with E-state index >= 15 is 0 Å². The number of aryl methyl sites for hydroxylation is 1. The van der Waals surface area contributed by atoms with Crippen molar-refractivity contribution in [3.63, 3.8) is 0 Å². The number of carbonyl (C=O) groups is 1. The number of ether oxygens (including phenoxy) is 1. The molecule has 0 spiro atoms. The first-order chi connectivity index (χ1) is 9.52. The molecule has 0 aliphatic heterocycles. The molecule has 0 aliphatic carbocycles. The Bertz CT molecular complexity index is 653. The number of nitrogens with two attached hydrogens (primary N) is 1. The number of benzene rings is 2. The Morgan fingerprint density at radius 1 is 1.20 bits per heavy atom. The summed E-state index contributed by atoms with van der Waals surface area (Å²) < 4.78 is 18.6. The number of hydrogen-bond acceptors (Lipinski definition) is 3. The molecule has 0 atom stereocenters. The SMILES string of the molecule is CCOc1cc(F)ccc1C(=O)c1cc(C)ccc1N. The Balaban J connectivity index is 2.50. The summed E-state index contributed by atoms with van der Waals surface area (Å²) in [5.74, 6) is -0.477.